The summed E-state index contributed by atoms with van der Waals surface area (Å²) in [6.45, 7) is 1.54. The fourth-order valence-corrected chi connectivity index (χ4v) is 1.38. The average molecular weight is 306 g/mol. The fourth-order valence-electron chi connectivity index (χ4n) is 1.38. The molecular formula is C19H30O3. The van der Waals surface area contributed by atoms with Crippen LogP contribution in [-0.4, -0.2) is 20.0 Å². The highest BCUT2D eigenvalue weighted by Crippen LogP contribution is 2.11. The van der Waals surface area contributed by atoms with Crippen LogP contribution in [0.2, 0.25) is 0 Å². The molecule has 0 N–H and O–H groups in total. The normalized spacial score (nSPS) is 7.77. The first-order chi connectivity index (χ1) is 9.17. The number of ether oxygens (including phenoxy) is 2. The minimum absolute atomic E-state index is 0. The maximum Gasteiger partial charge on any atom is 0.159 e. The van der Waals surface area contributed by atoms with Gasteiger partial charge in [0, 0.05) is 5.56 Å². The number of methoxy groups -OCH3 is 2. The molecule has 0 heterocycles. The summed E-state index contributed by atoms with van der Waals surface area (Å²) in [5.41, 5.74) is 0.714. The van der Waals surface area contributed by atoms with E-state index >= 15 is 0 Å². The predicted octanol–water partition coefficient (Wildman–Crippen LogP) is 5.50. The number of hydrogen-bond acceptors (Lipinski definition) is 3. The lowest BCUT2D eigenvalue weighted by Crippen LogP contribution is -1.91. The third kappa shape index (κ3) is 8.80. The van der Waals surface area contributed by atoms with Gasteiger partial charge in [0.1, 0.15) is 11.5 Å². The lowest BCUT2D eigenvalue weighted by Gasteiger charge is -1.98. The number of para-hydroxylation sites is 1. The first-order valence-electron chi connectivity index (χ1n) is 5.91. The van der Waals surface area contributed by atoms with E-state index in [1.54, 1.807) is 45.4 Å². The Bertz CT molecular complexity index is 490. The molecule has 0 radical (unpaired) electrons. The molecule has 0 atom stereocenters. The van der Waals surface area contributed by atoms with Crippen LogP contribution in [0.1, 0.15) is 39.6 Å². The van der Waals surface area contributed by atoms with Crippen LogP contribution >= 0.6 is 0 Å². The molecule has 0 aliphatic rings. The van der Waals surface area contributed by atoms with Gasteiger partial charge in [-0.05, 0) is 43.3 Å². The van der Waals surface area contributed by atoms with E-state index in [-0.39, 0.29) is 28.1 Å². The van der Waals surface area contributed by atoms with Crippen molar-refractivity contribution >= 4 is 5.78 Å². The molecule has 0 aliphatic heterocycles. The molecule has 0 fully saturated rings. The van der Waals surface area contributed by atoms with Crippen molar-refractivity contribution in [3.8, 4) is 11.5 Å². The van der Waals surface area contributed by atoms with E-state index in [9.17, 15) is 4.79 Å². The molecule has 2 rings (SSSR count). The summed E-state index contributed by atoms with van der Waals surface area (Å²) in [5.74, 6) is 1.76. The molecule has 3 heteroatoms. The van der Waals surface area contributed by atoms with Gasteiger partial charge in [-0.2, -0.15) is 0 Å². The maximum atomic E-state index is 10.8. The maximum absolute atomic E-state index is 10.8. The van der Waals surface area contributed by atoms with Crippen LogP contribution in [-0.2, 0) is 0 Å². The summed E-state index contributed by atoms with van der Waals surface area (Å²) in [6, 6.07) is 16.7. The second kappa shape index (κ2) is 13.7. The summed E-state index contributed by atoms with van der Waals surface area (Å²) < 4.78 is 9.85. The quantitative estimate of drug-likeness (QED) is 0.702. The number of benzene rings is 2. The molecule has 0 spiro atoms. The van der Waals surface area contributed by atoms with Crippen LogP contribution in [0.4, 0.5) is 0 Å². The Morgan fingerprint density at radius 1 is 0.727 bits per heavy atom. The standard InChI is InChI=1S/C9H10O2.C7H8O.3CH4/c1-7(10)8-3-5-9(11-2)6-4-8;1-8-7-5-3-2-4-6-7;;;/h3-6H,1-2H3;2-6H,1H3;3*1H4. The van der Waals surface area contributed by atoms with Gasteiger partial charge in [-0.15, -0.1) is 0 Å². The monoisotopic (exact) mass is 306 g/mol. The lowest BCUT2D eigenvalue weighted by molar-refractivity contribution is 0.101. The number of rotatable bonds is 3. The molecule has 124 valence electrons. The van der Waals surface area contributed by atoms with Gasteiger partial charge in [-0.3, -0.25) is 4.79 Å². The molecule has 2 aromatic rings. The number of ketones is 1. The highest BCUT2D eigenvalue weighted by Gasteiger charge is 1.97. The predicted molar refractivity (Wildman–Crippen MR) is 96.2 cm³/mol. The van der Waals surface area contributed by atoms with E-state index in [0.717, 1.165) is 11.5 Å². The zero-order chi connectivity index (χ0) is 14.1. The zero-order valence-electron chi connectivity index (χ0n) is 11.4. The van der Waals surface area contributed by atoms with Crippen LogP contribution in [0.3, 0.4) is 0 Å². The fraction of sp³-hybridized carbons (Fsp3) is 0.316. The zero-order valence-corrected chi connectivity index (χ0v) is 11.4. The molecule has 22 heavy (non-hydrogen) atoms. The van der Waals surface area contributed by atoms with E-state index in [0.29, 0.717) is 5.56 Å². The topological polar surface area (TPSA) is 35.5 Å². The Kier molecular flexibility index (Phi) is 15.4. The van der Waals surface area contributed by atoms with Gasteiger partial charge in [-0.1, -0.05) is 40.5 Å². The van der Waals surface area contributed by atoms with Gasteiger partial charge >= 0.3 is 0 Å². The third-order valence-electron chi connectivity index (χ3n) is 2.48. The van der Waals surface area contributed by atoms with Crippen molar-refractivity contribution in [1.29, 1.82) is 0 Å². The number of carbonyl (C=O) groups is 1. The summed E-state index contributed by atoms with van der Waals surface area (Å²) in [5, 5.41) is 0. The SMILES string of the molecule is C.C.C.COc1ccc(C(C)=O)cc1.COc1ccccc1. The number of hydrogen-bond donors (Lipinski definition) is 0. The van der Waals surface area contributed by atoms with Crippen molar-refractivity contribution in [1.82, 2.24) is 0 Å². The van der Waals surface area contributed by atoms with Crippen LogP contribution in [0.15, 0.2) is 54.6 Å². The van der Waals surface area contributed by atoms with E-state index in [4.69, 9.17) is 9.47 Å². The van der Waals surface area contributed by atoms with Gasteiger partial charge in [0.15, 0.2) is 5.78 Å². The van der Waals surface area contributed by atoms with Crippen molar-refractivity contribution in [3.05, 3.63) is 60.2 Å². The average Bonchev–Trinajstić information content (AvgIpc) is 2.48. The molecule has 0 aliphatic carbocycles. The molecule has 0 aromatic heterocycles. The summed E-state index contributed by atoms with van der Waals surface area (Å²) in [7, 11) is 3.26. The van der Waals surface area contributed by atoms with Crippen molar-refractivity contribution < 1.29 is 14.3 Å². The Balaban J connectivity index is -0.000000299. The molecule has 0 saturated heterocycles. The van der Waals surface area contributed by atoms with E-state index < -0.39 is 0 Å². The smallest absolute Gasteiger partial charge is 0.159 e. The Labute approximate surface area is 135 Å². The van der Waals surface area contributed by atoms with Gasteiger partial charge < -0.3 is 9.47 Å². The van der Waals surface area contributed by atoms with Crippen molar-refractivity contribution in [3.63, 3.8) is 0 Å². The summed E-state index contributed by atoms with van der Waals surface area (Å²) >= 11 is 0. The molecule has 0 bridgehead atoms. The summed E-state index contributed by atoms with van der Waals surface area (Å²) in [4.78, 5) is 10.8. The Hall–Kier alpha value is -2.29. The highest BCUT2D eigenvalue weighted by molar-refractivity contribution is 5.94. The molecule has 3 nitrogen and oxygen atoms in total. The van der Waals surface area contributed by atoms with Crippen LogP contribution in [0, 0.1) is 0 Å². The number of Topliss-reactive ketones (excluding diaryl/α,β-unsaturated/α-hetero) is 1. The van der Waals surface area contributed by atoms with Crippen LogP contribution in [0.25, 0.3) is 0 Å². The molecular weight excluding hydrogens is 276 g/mol. The van der Waals surface area contributed by atoms with Crippen LogP contribution in [0.5, 0.6) is 11.5 Å². The second-order valence-electron chi connectivity index (χ2n) is 3.80. The first-order valence-corrected chi connectivity index (χ1v) is 5.91. The largest absolute Gasteiger partial charge is 0.497 e. The minimum Gasteiger partial charge on any atom is -0.497 e. The highest BCUT2D eigenvalue weighted by atomic mass is 16.5. The molecule has 0 unspecified atom stereocenters. The van der Waals surface area contributed by atoms with Crippen molar-refractivity contribution in [2.45, 2.75) is 29.2 Å². The van der Waals surface area contributed by atoms with Gasteiger partial charge in [0.2, 0.25) is 0 Å². The first kappa shape index (κ1) is 24.7. The van der Waals surface area contributed by atoms with Crippen LogP contribution < -0.4 is 9.47 Å². The minimum atomic E-state index is 0. The Morgan fingerprint density at radius 3 is 1.45 bits per heavy atom. The number of carbonyl (C=O) groups excluding carboxylic acids is 1. The molecule has 0 amide bonds. The van der Waals surface area contributed by atoms with Crippen molar-refractivity contribution in [2.24, 2.45) is 0 Å². The lowest BCUT2D eigenvalue weighted by atomic mass is 10.1. The van der Waals surface area contributed by atoms with E-state index in [2.05, 4.69) is 0 Å². The molecule has 0 saturated carbocycles. The second-order valence-corrected chi connectivity index (χ2v) is 3.80. The third-order valence-corrected chi connectivity index (χ3v) is 2.48. The molecule has 2 aromatic carbocycles. The van der Waals surface area contributed by atoms with Crippen molar-refractivity contribution in [2.75, 3.05) is 14.2 Å². The van der Waals surface area contributed by atoms with Gasteiger partial charge in [0.05, 0.1) is 14.2 Å². The van der Waals surface area contributed by atoms with Gasteiger partial charge in [0.25, 0.3) is 0 Å². The van der Waals surface area contributed by atoms with E-state index in [1.165, 1.54) is 0 Å². The summed E-state index contributed by atoms with van der Waals surface area (Å²) in [6.07, 6.45) is 0. The Morgan fingerprint density at radius 2 is 1.14 bits per heavy atom. The van der Waals surface area contributed by atoms with Gasteiger partial charge in [-0.25, -0.2) is 0 Å². The van der Waals surface area contributed by atoms with E-state index in [1.807, 2.05) is 30.3 Å².